The Labute approximate surface area is 131 Å². The van der Waals surface area contributed by atoms with Gasteiger partial charge in [0.2, 0.25) is 10.0 Å². The first-order chi connectivity index (χ1) is 10.6. The summed E-state index contributed by atoms with van der Waals surface area (Å²) in [5.41, 5.74) is 2.04. The van der Waals surface area contributed by atoms with Gasteiger partial charge >= 0.3 is 0 Å². The third kappa shape index (κ3) is 2.79. The van der Waals surface area contributed by atoms with E-state index in [1.807, 2.05) is 42.5 Å². The minimum absolute atomic E-state index is 0.124. The molecule has 0 unspecified atom stereocenters. The Morgan fingerprint density at radius 1 is 1.00 bits per heavy atom. The summed E-state index contributed by atoms with van der Waals surface area (Å²) in [4.78, 5) is 0.285. The van der Waals surface area contributed by atoms with Crippen LogP contribution in [0.4, 0.5) is 0 Å². The number of aliphatic hydroxyl groups is 1. The number of sulfonamides is 1. The molecule has 1 saturated heterocycles. The molecule has 0 spiro atoms. The molecular formula is C17H19NO3S. The Hall–Kier alpha value is -1.69. The summed E-state index contributed by atoms with van der Waals surface area (Å²) in [5, 5.41) is 9.33. The number of aliphatic hydroxyl groups excluding tert-OH is 1. The lowest BCUT2D eigenvalue weighted by atomic mass is 10.1. The minimum Gasteiger partial charge on any atom is -0.395 e. The van der Waals surface area contributed by atoms with Crippen LogP contribution in [0.15, 0.2) is 59.5 Å². The van der Waals surface area contributed by atoms with Crippen LogP contribution in [0.3, 0.4) is 0 Å². The summed E-state index contributed by atoms with van der Waals surface area (Å²) in [6.07, 6.45) is 1.52. The Kier molecular flexibility index (Phi) is 4.29. The highest BCUT2D eigenvalue weighted by Gasteiger charge is 2.34. The van der Waals surface area contributed by atoms with E-state index >= 15 is 0 Å². The molecule has 0 aliphatic carbocycles. The van der Waals surface area contributed by atoms with Gasteiger partial charge in [0.25, 0.3) is 0 Å². The lowest BCUT2D eigenvalue weighted by molar-refractivity contribution is 0.213. The molecule has 22 heavy (non-hydrogen) atoms. The van der Waals surface area contributed by atoms with Gasteiger partial charge in [-0.2, -0.15) is 4.31 Å². The zero-order valence-corrected chi connectivity index (χ0v) is 13.0. The monoisotopic (exact) mass is 317 g/mol. The minimum atomic E-state index is -3.53. The molecular weight excluding hydrogens is 298 g/mol. The number of rotatable bonds is 4. The first kappa shape index (κ1) is 15.2. The smallest absolute Gasteiger partial charge is 0.243 e. The lowest BCUT2D eigenvalue weighted by Crippen LogP contribution is -2.37. The van der Waals surface area contributed by atoms with Crippen LogP contribution in [0.1, 0.15) is 12.8 Å². The molecule has 1 aliphatic rings. The third-order valence-electron chi connectivity index (χ3n) is 4.10. The van der Waals surface area contributed by atoms with Crippen LogP contribution < -0.4 is 0 Å². The Balaban J connectivity index is 1.89. The van der Waals surface area contributed by atoms with Crippen molar-refractivity contribution in [1.82, 2.24) is 4.31 Å². The highest BCUT2D eigenvalue weighted by atomic mass is 32.2. The van der Waals surface area contributed by atoms with Crippen molar-refractivity contribution < 1.29 is 13.5 Å². The second kappa shape index (κ2) is 6.20. The van der Waals surface area contributed by atoms with Crippen molar-refractivity contribution in [3.05, 3.63) is 54.6 Å². The molecule has 1 aliphatic heterocycles. The normalized spacial score (nSPS) is 19.4. The van der Waals surface area contributed by atoms with Crippen LogP contribution >= 0.6 is 0 Å². The van der Waals surface area contributed by atoms with Gasteiger partial charge in [-0.3, -0.25) is 0 Å². The Bertz CT molecular complexity index is 726. The van der Waals surface area contributed by atoms with Gasteiger partial charge in [0, 0.05) is 12.6 Å². The maximum Gasteiger partial charge on any atom is 0.243 e. The molecule has 116 valence electrons. The van der Waals surface area contributed by atoms with Crippen molar-refractivity contribution in [2.24, 2.45) is 0 Å². The van der Waals surface area contributed by atoms with Gasteiger partial charge in [-0.25, -0.2) is 8.42 Å². The van der Waals surface area contributed by atoms with E-state index in [4.69, 9.17) is 0 Å². The molecule has 1 fully saturated rings. The fraction of sp³-hybridized carbons (Fsp3) is 0.294. The van der Waals surface area contributed by atoms with Crippen molar-refractivity contribution in [3.8, 4) is 11.1 Å². The van der Waals surface area contributed by atoms with Crippen LogP contribution in [-0.2, 0) is 10.0 Å². The SMILES string of the molecule is O=S(=O)(c1ccc(-c2ccccc2)cc1)N1CCC[C@H]1CO. The van der Waals surface area contributed by atoms with Gasteiger partial charge < -0.3 is 5.11 Å². The van der Waals surface area contributed by atoms with Gasteiger partial charge in [-0.05, 0) is 36.1 Å². The third-order valence-corrected chi connectivity index (χ3v) is 6.07. The van der Waals surface area contributed by atoms with Gasteiger partial charge in [0.1, 0.15) is 0 Å². The summed E-state index contributed by atoms with van der Waals surface area (Å²) in [5.74, 6) is 0. The van der Waals surface area contributed by atoms with E-state index in [9.17, 15) is 13.5 Å². The predicted octanol–water partition coefficient (Wildman–Crippen LogP) is 2.50. The molecule has 0 bridgehead atoms. The van der Waals surface area contributed by atoms with Gasteiger partial charge in [-0.1, -0.05) is 42.5 Å². The number of benzene rings is 2. The Morgan fingerprint density at radius 3 is 2.27 bits per heavy atom. The zero-order chi connectivity index (χ0) is 15.6. The summed E-state index contributed by atoms with van der Waals surface area (Å²) >= 11 is 0. The molecule has 0 aromatic heterocycles. The summed E-state index contributed by atoms with van der Waals surface area (Å²) in [6, 6.07) is 16.5. The molecule has 4 nitrogen and oxygen atoms in total. The number of hydrogen-bond donors (Lipinski definition) is 1. The molecule has 1 N–H and O–H groups in total. The van der Waals surface area contributed by atoms with Crippen molar-refractivity contribution in [3.63, 3.8) is 0 Å². The average molecular weight is 317 g/mol. The van der Waals surface area contributed by atoms with Crippen molar-refractivity contribution in [2.45, 2.75) is 23.8 Å². The van der Waals surface area contributed by atoms with Crippen LogP contribution in [0.5, 0.6) is 0 Å². The van der Waals surface area contributed by atoms with Crippen molar-refractivity contribution in [1.29, 1.82) is 0 Å². The molecule has 1 atom stereocenters. The molecule has 0 amide bonds. The molecule has 0 saturated carbocycles. The summed E-state index contributed by atoms with van der Waals surface area (Å²) < 4.78 is 26.8. The van der Waals surface area contributed by atoms with E-state index in [-0.39, 0.29) is 17.5 Å². The standard InChI is InChI=1S/C17H19NO3S/c19-13-16-7-4-12-18(16)22(20,21)17-10-8-15(9-11-17)14-5-2-1-3-6-14/h1-3,5-6,8-11,16,19H,4,7,12-13H2/t16-/m0/s1. The van der Waals surface area contributed by atoms with E-state index in [1.54, 1.807) is 12.1 Å². The maximum absolute atomic E-state index is 12.7. The van der Waals surface area contributed by atoms with Crippen LogP contribution in [-0.4, -0.2) is 37.0 Å². The fourth-order valence-corrected chi connectivity index (χ4v) is 4.58. The molecule has 2 aromatic carbocycles. The topological polar surface area (TPSA) is 57.6 Å². The van der Waals surface area contributed by atoms with E-state index in [0.29, 0.717) is 6.54 Å². The van der Waals surface area contributed by atoms with E-state index in [1.165, 1.54) is 4.31 Å². The fourth-order valence-electron chi connectivity index (χ4n) is 2.89. The lowest BCUT2D eigenvalue weighted by Gasteiger charge is -2.22. The molecule has 2 aromatic rings. The highest BCUT2D eigenvalue weighted by molar-refractivity contribution is 7.89. The quantitative estimate of drug-likeness (QED) is 0.942. The van der Waals surface area contributed by atoms with E-state index < -0.39 is 10.0 Å². The maximum atomic E-state index is 12.7. The second-order valence-electron chi connectivity index (χ2n) is 5.48. The molecule has 5 heteroatoms. The highest BCUT2D eigenvalue weighted by Crippen LogP contribution is 2.27. The van der Waals surface area contributed by atoms with Gasteiger partial charge in [-0.15, -0.1) is 0 Å². The average Bonchev–Trinajstić information content (AvgIpc) is 3.05. The second-order valence-corrected chi connectivity index (χ2v) is 7.38. The molecule has 1 heterocycles. The van der Waals surface area contributed by atoms with Crippen LogP contribution in [0, 0.1) is 0 Å². The molecule has 3 rings (SSSR count). The van der Waals surface area contributed by atoms with Crippen molar-refractivity contribution >= 4 is 10.0 Å². The number of hydrogen-bond acceptors (Lipinski definition) is 3. The summed E-state index contributed by atoms with van der Waals surface area (Å²) in [6.45, 7) is 0.356. The van der Waals surface area contributed by atoms with Crippen LogP contribution in [0.25, 0.3) is 11.1 Å². The first-order valence-electron chi connectivity index (χ1n) is 7.41. The number of nitrogens with zero attached hydrogens (tertiary/aromatic N) is 1. The zero-order valence-electron chi connectivity index (χ0n) is 12.2. The Morgan fingerprint density at radius 2 is 1.64 bits per heavy atom. The largest absolute Gasteiger partial charge is 0.395 e. The first-order valence-corrected chi connectivity index (χ1v) is 8.85. The van der Waals surface area contributed by atoms with Gasteiger partial charge in [0.05, 0.1) is 11.5 Å². The predicted molar refractivity (Wildman–Crippen MR) is 85.9 cm³/mol. The van der Waals surface area contributed by atoms with E-state index in [0.717, 1.165) is 24.0 Å². The summed E-state index contributed by atoms with van der Waals surface area (Å²) in [7, 11) is -3.53. The van der Waals surface area contributed by atoms with Crippen LogP contribution in [0.2, 0.25) is 0 Å². The molecule has 0 radical (unpaired) electrons. The van der Waals surface area contributed by atoms with Crippen molar-refractivity contribution in [2.75, 3.05) is 13.2 Å². The van der Waals surface area contributed by atoms with E-state index in [2.05, 4.69) is 0 Å². The van der Waals surface area contributed by atoms with Gasteiger partial charge in [0.15, 0.2) is 0 Å².